The molecule has 0 amide bonds. The van der Waals surface area contributed by atoms with Crippen LogP contribution in [0.3, 0.4) is 0 Å². The Morgan fingerprint density at radius 1 is 1.30 bits per heavy atom. The first-order valence-electron chi connectivity index (χ1n) is 5.87. The van der Waals surface area contributed by atoms with Gasteiger partial charge < -0.3 is 5.32 Å². The van der Waals surface area contributed by atoms with Gasteiger partial charge in [-0.05, 0) is 25.1 Å². The summed E-state index contributed by atoms with van der Waals surface area (Å²) in [5, 5.41) is 6.87. The molecule has 7 heteroatoms. The SMILES string of the molecule is Cc1c(CNc2ccc(F)c(C(F)(F)F)c2)cnn1C. The van der Waals surface area contributed by atoms with Gasteiger partial charge in [-0.1, -0.05) is 0 Å². The van der Waals surface area contributed by atoms with Crippen molar-refractivity contribution in [1.82, 2.24) is 9.78 Å². The van der Waals surface area contributed by atoms with E-state index in [9.17, 15) is 17.6 Å². The summed E-state index contributed by atoms with van der Waals surface area (Å²) in [5.41, 5.74) is 0.716. The van der Waals surface area contributed by atoms with E-state index in [2.05, 4.69) is 10.4 Å². The van der Waals surface area contributed by atoms with Gasteiger partial charge in [-0.15, -0.1) is 0 Å². The molecule has 0 spiro atoms. The summed E-state index contributed by atoms with van der Waals surface area (Å²) in [6.45, 7) is 2.18. The fraction of sp³-hybridized carbons (Fsp3) is 0.308. The zero-order valence-corrected chi connectivity index (χ0v) is 10.9. The maximum Gasteiger partial charge on any atom is 0.419 e. The molecule has 1 N–H and O–H groups in total. The highest BCUT2D eigenvalue weighted by Crippen LogP contribution is 2.33. The molecule has 0 aliphatic carbocycles. The Morgan fingerprint density at radius 2 is 2.00 bits per heavy atom. The number of nitrogens with one attached hydrogen (secondary N) is 1. The topological polar surface area (TPSA) is 29.9 Å². The van der Waals surface area contributed by atoms with Crippen molar-refractivity contribution in [2.45, 2.75) is 19.6 Å². The van der Waals surface area contributed by atoms with Crippen LogP contribution in [-0.2, 0) is 19.8 Å². The zero-order chi connectivity index (χ0) is 14.9. The number of alkyl halides is 3. The molecule has 20 heavy (non-hydrogen) atoms. The van der Waals surface area contributed by atoms with Gasteiger partial charge in [0.25, 0.3) is 0 Å². The van der Waals surface area contributed by atoms with Crippen molar-refractivity contribution in [2.24, 2.45) is 7.05 Å². The van der Waals surface area contributed by atoms with Crippen LogP contribution in [0.1, 0.15) is 16.8 Å². The number of hydrogen-bond donors (Lipinski definition) is 1. The third-order valence-electron chi connectivity index (χ3n) is 3.09. The fourth-order valence-corrected chi connectivity index (χ4v) is 1.77. The Hall–Kier alpha value is -2.05. The lowest BCUT2D eigenvalue weighted by Crippen LogP contribution is -2.09. The second-order valence-electron chi connectivity index (χ2n) is 4.42. The first-order valence-corrected chi connectivity index (χ1v) is 5.87. The molecule has 0 saturated carbocycles. The van der Waals surface area contributed by atoms with E-state index in [0.29, 0.717) is 6.54 Å². The van der Waals surface area contributed by atoms with Gasteiger partial charge in [-0.25, -0.2) is 4.39 Å². The molecule has 1 aromatic heterocycles. The third kappa shape index (κ3) is 2.92. The lowest BCUT2D eigenvalue weighted by molar-refractivity contribution is -0.139. The number of hydrogen-bond acceptors (Lipinski definition) is 2. The second kappa shape index (κ2) is 5.15. The predicted octanol–water partition coefficient (Wildman–Crippen LogP) is 3.50. The number of aromatic nitrogens is 2. The van der Waals surface area contributed by atoms with Gasteiger partial charge in [0.1, 0.15) is 5.82 Å². The van der Waals surface area contributed by atoms with Crippen LogP contribution < -0.4 is 5.32 Å². The number of halogens is 4. The van der Waals surface area contributed by atoms with Crippen molar-refractivity contribution in [3.63, 3.8) is 0 Å². The molecule has 3 nitrogen and oxygen atoms in total. The average Bonchev–Trinajstić information content (AvgIpc) is 2.68. The Bertz CT molecular complexity index is 617. The molecule has 0 atom stereocenters. The molecule has 0 fully saturated rings. The summed E-state index contributed by atoms with van der Waals surface area (Å²) in [6, 6.07) is 2.85. The van der Waals surface area contributed by atoms with Crippen molar-refractivity contribution < 1.29 is 17.6 Å². The van der Waals surface area contributed by atoms with Crippen molar-refractivity contribution in [1.29, 1.82) is 0 Å². The van der Waals surface area contributed by atoms with Crippen LogP contribution in [0.25, 0.3) is 0 Å². The minimum atomic E-state index is -4.70. The average molecular weight is 287 g/mol. The summed E-state index contributed by atoms with van der Waals surface area (Å²) in [7, 11) is 1.78. The maximum absolute atomic E-state index is 13.1. The van der Waals surface area contributed by atoms with Gasteiger partial charge in [0.15, 0.2) is 0 Å². The van der Waals surface area contributed by atoms with E-state index in [1.807, 2.05) is 6.92 Å². The molecule has 0 aliphatic rings. The largest absolute Gasteiger partial charge is 0.419 e. The number of benzene rings is 1. The van der Waals surface area contributed by atoms with Crippen molar-refractivity contribution >= 4 is 5.69 Å². The summed E-state index contributed by atoms with van der Waals surface area (Å²) in [4.78, 5) is 0. The molecular formula is C13H13F4N3. The van der Waals surface area contributed by atoms with E-state index < -0.39 is 17.6 Å². The standard InChI is InChI=1S/C13H13F4N3/c1-8-9(7-19-20(8)2)6-18-10-3-4-12(14)11(5-10)13(15,16)17/h3-5,7,18H,6H2,1-2H3. The molecule has 0 aliphatic heterocycles. The van der Waals surface area contributed by atoms with E-state index in [1.165, 1.54) is 6.07 Å². The second-order valence-corrected chi connectivity index (χ2v) is 4.42. The van der Waals surface area contributed by atoms with Crippen molar-refractivity contribution in [2.75, 3.05) is 5.32 Å². The fourth-order valence-electron chi connectivity index (χ4n) is 1.77. The molecule has 0 bridgehead atoms. The normalized spacial score (nSPS) is 11.7. The van der Waals surface area contributed by atoms with Crippen LogP contribution in [-0.4, -0.2) is 9.78 Å². The number of anilines is 1. The van der Waals surface area contributed by atoms with E-state index in [-0.39, 0.29) is 5.69 Å². The minimum Gasteiger partial charge on any atom is -0.381 e. The molecule has 1 heterocycles. The summed E-state index contributed by atoms with van der Waals surface area (Å²) in [6.07, 6.45) is -3.07. The van der Waals surface area contributed by atoms with Crippen molar-refractivity contribution in [3.8, 4) is 0 Å². The lowest BCUT2D eigenvalue weighted by atomic mass is 10.1. The lowest BCUT2D eigenvalue weighted by Gasteiger charge is -2.11. The highest BCUT2D eigenvalue weighted by Gasteiger charge is 2.34. The van der Waals surface area contributed by atoms with E-state index in [0.717, 1.165) is 23.4 Å². The number of aryl methyl sites for hydroxylation is 1. The summed E-state index contributed by atoms with van der Waals surface area (Å²) < 4.78 is 52.5. The first kappa shape index (κ1) is 14.4. The van der Waals surface area contributed by atoms with Gasteiger partial charge in [0.05, 0.1) is 11.8 Å². The zero-order valence-electron chi connectivity index (χ0n) is 10.9. The number of rotatable bonds is 3. The van der Waals surface area contributed by atoms with Gasteiger partial charge >= 0.3 is 6.18 Å². The van der Waals surface area contributed by atoms with Crippen LogP contribution >= 0.6 is 0 Å². The molecule has 0 radical (unpaired) electrons. The smallest absolute Gasteiger partial charge is 0.381 e. The Morgan fingerprint density at radius 3 is 2.55 bits per heavy atom. The molecule has 0 saturated heterocycles. The third-order valence-corrected chi connectivity index (χ3v) is 3.09. The maximum atomic E-state index is 13.1. The molecule has 1 aromatic carbocycles. The molecule has 2 rings (SSSR count). The quantitative estimate of drug-likeness (QED) is 0.876. The highest BCUT2D eigenvalue weighted by atomic mass is 19.4. The van der Waals surface area contributed by atoms with Crippen LogP contribution in [0.2, 0.25) is 0 Å². The monoisotopic (exact) mass is 287 g/mol. The minimum absolute atomic E-state index is 0.210. The van der Waals surface area contributed by atoms with Crippen LogP contribution in [0.15, 0.2) is 24.4 Å². The molecule has 0 unspecified atom stereocenters. The predicted molar refractivity (Wildman–Crippen MR) is 66.7 cm³/mol. The Balaban J connectivity index is 2.17. The van der Waals surface area contributed by atoms with Gasteiger partial charge in [0.2, 0.25) is 0 Å². The Labute approximate surface area is 113 Å². The van der Waals surface area contributed by atoms with Gasteiger partial charge in [-0.3, -0.25) is 4.68 Å². The number of nitrogens with zero attached hydrogens (tertiary/aromatic N) is 2. The van der Waals surface area contributed by atoms with E-state index in [4.69, 9.17) is 0 Å². The van der Waals surface area contributed by atoms with Gasteiger partial charge in [-0.2, -0.15) is 18.3 Å². The molecule has 108 valence electrons. The summed E-state index contributed by atoms with van der Waals surface area (Å²) >= 11 is 0. The first-order chi connectivity index (χ1) is 9.29. The van der Waals surface area contributed by atoms with Gasteiger partial charge in [0, 0.05) is 30.5 Å². The molecule has 2 aromatic rings. The van der Waals surface area contributed by atoms with Crippen LogP contribution in [0.5, 0.6) is 0 Å². The van der Waals surface area contributed by atoms with E-state index >= 15 is 0 Å². The van der Waals surface area contributed by atoms with E-state index in [1.54, 1.807) is 17.9 Å². The molecular weight excluding hydrogens is 274 g/mol. The Kier molecular flexibility index (Phi) is 3.69. The summed E-state index contributed by atoms with van der Waals surface area (Å²) in [5.74, 6) is -1.28. The van der Waals surface area contributed by atoms with Crippen molar-refractivity contribution in [3.05, 3.63) is 47.0 Å². The van der Waals surface area contributed by atoms with Crippen LogP contribution in [0.4, 0.5) is 23.2 Å². The highest BCUT2D eigenvalue weighted by molar-refractivity contribution is 5.47. The van der Waals surface area contributed by atoms with Crippen LogP contribution in [0, 0.1) is 12.7 Å².